The van der Waals surface area contributed by atoms with Crippen LogP contribution in [0.4, 0.5) is 5.69 Å². The summed E-state index contributed by atoms with van der Waals surface area (Å²) < 4.78 is 5.51. The van der Waals surface area contributed by atoms with Gasteiger partial charge in [0.2, 0.25) is 0 Å². The van der Waals surface area contributed by atoms with Crippen molar-refractivity contribution in [3.05, 3.63) is 59.7 Å². The molecule has 0 bridgehead atoms. The largest absolute Gasteiger partial charge is 0.484 e. The molecule has 0 heterocycles. The minimum absolute atomic E-state index is 0.0387. The highest BCUT2D eigenvalue weighted by atomic mass is 16.5. The minimum Gasteiger partial charge on any atom is -0.484 e. The standard InChI is InChI=1S/C20H21NO2/c1-4-15(3)17-9-11-19(12-10-17)23-14-20(22)21-18-8-6-7-16(5-2)13-18/h2,6-13,15H,4,14H2,1,3H3,(H,21,22)/t15-/m0/s1. The molecule has 0 aromatic heterocycles. The van der Waals surface area contributed by atoms with Crippen LogP contribution in [0.2, 0.25) is 0 Å². The number of rotatable bonds is 6. The van der Waals surface area contributed by atoms with Crippen LogP contribution in [0.3, 0.4) is 0 Å². The number of nitrogens with one attached hydrogen (secondary N) is 1. The number of amides is 1. The molecule has 2 aromatic carbocycles. The van der Waals surface area contributed by atoms with Crippen LogP contribution in [0, 0.1) is 12.3 Å². The molecule has 0 aliphatic heterocycles. The molecule has 0 fully saturated rings. The van der Waals surface area contributed by atoms with Crippen molar-refractivity contribution in [2.75, 3.05) is 11.9 Å². The molecule has 1 N–H and O–H groups in total. The Morgan fingerprint density at radius 2 is 2.00 bits per heavy atom. The second kappa shape index (κ2) is 8.05. The maximum Gasteiger partial charge on any atom is 0.262 e. The quantitative estimate of drug-likeness (QED) is 0.812. The average molecular weight is 307 g/mol. The van der Waals surface area contributed by atoms with Gasteiger partial charge in [-0.05, 0) is 48.2 Å². The lowest BCUT2D eigenvalue weighted by Gasteiger charge is -2.11. The van der Waals surface area contributed by atoms with Crippen molar-refractivity contribution in [1.82, 2.24) is 0 Å². The fourth-order valence-corrected chi connectivity index (χ4v) is 2.16. The Kier molecular flexibility index (Phi) is 5.82. The number of terminal acetylenes is 1. The summed E-state index contributed by atoms with van der Waals surface area (Å²) in [5.41, 5.74) is 2.67. The van der Waals surface area contributed by atoms with Crippen LogP contribution >= 0.6 is 0 Å². The number of carbonyl (C=O) groups excluding carboxylic acids is 1. The molecule has 23 heavy (non-hydrogen) atoms. The van der Waals surface area contributed by atoms with Crippen LogP contribution in [0.5, 0.6) is 5.75 Å². The summed E-state index contributed by atoms with van der Waals surface area (Å²) in [5, 5.41) is 2.77. The zero-order chi connectivity index (χ0) is 16.7. The first-order chi connectivity index (χ1) is 11.1. The molecule has 0 spiro atoms. The Morgan fingerprint density at radius 1 is 1.26 bits per heavy atom. The van der Waals surface area contributed by atoms with Crippen molar-refractivity contribution < 1.29 is 9.53 Å². The van der Waals surface area contributed by atoms with E-state index in [2.05, 4.69) is 25.1 Å². The van der Waals surface area contributed by atoms with Crippen LogP contribution in [-0.4, -0.2) is 12.5 Å². The zero-order valence-corrected chi connectivity index (χ0v) is 13.5. The maximum atomic E-state index is 11.9. The van der Waals surface area contributed by atoms with Crippen LogP contribution < -0.4 is 10.1 Å². The molecule has 2 aromatic rings. The molecule has 0 radical (unpaired) electrons. The van der Waals surface area contributed by atoms with E-state index in [1.165, 1.54) is 5.56 Å². The summed E-state index contributed by atoms with van der Waals surface area (Å²) in [6, 6.07) is 15.0. The van der Waals surface area contributed by atoms with Crippen LogP contribution in [-0.2, 0) is 4.79 Å². The van der Waals surface area contributed by atoms with Gasteiger partial charge in [0.1, 0.15) is 5.75 Å². The summed E-state index contributed by atoms with van der Waals surface area (Å²) in [6.45, 7) is 4.31. The van der Waals surface area contributed by atoms with Crippen molar-refractivity contribution in [2.45, 2.75) is 26.2 Å². The molecule has 0 aliphatic rings. The Hall–Kier alpha value is -2.73. The number of anilines is 1. The monoisotopic (exact) mass is 307 g/mol. The average Bonchev–Trinajstić information content (AvgIpc) is 2.60. The Labute approximate surface area is 137 Å². The minimum atomic E-state index is -0.217. The van der Waals surface area contributed by atoms with E-state index in [-0.39, 0.29) is 12.5 Å². The highest BCUT2D eigenvalue weighted by Gasteiger charge is 2.06. The summed E-state index contributed by atoms with van der Waals surface area (Å²) in [4.78, 5) is 11.9. The molecular weight excluding hydrogens is 286 g/mol. The first-order valence-corrected chi connectivity index (χ1v) is 7.71. The van der Waals surface area contributed by atoms with Crippen LogP contribution in [0.25, 0.3) is 0 Å². The van der Waals surface area contributed by atoms with E-state index in [0.717, 1.165) is 12.0 Å². The lowest BCUT2D eigenvalue weighted by atomic mass is 9.99. The van der Waals surface area contributed by atoms with Crippen molar-refractivity contribution in [3.63, 3.8) is 0 Å². The second-order valence-electron chi connectivity index (χ2n) is 5.44. The Morgan fingerprint density at radius 3 is 2.65 bits per heavy atom. The van der Waals surface area contributed by atoms with Gasteiger partial charge in [0.15, 0.2) is 6.61 Å². The van der Waals surface area contributed by atoms with Gasteiger partial charge < -0.3 is 10.1 Å². The molecule has 3 nitrogen and oxygen atoms in total. The number of carbonyl (C=O) groups is 1. The number of benzene rings is 2. The summed E-state index contributed by atoms with van der Waals surface area (Å²) >= 11 is 0. The van der Waals surface area contributed by atoms with Gasteiger partial charge in [-0.15, -0.1) is 6.42 Å². The molecule has 0 unspecified atom stereocenters. The predicted molar refractivity (Wildman–Crippen MR) is 93.6 cm³/mol. The van der Waals surface area contributed by atoms with E-state index in [1.807, 2.05) is 30.3 Å². The topological polar surface area (TPSA) is 38.3 Å². The molecule has 118 valence electrons. The number of hydrogen-bond donors (Lipinski definition) is 1. The molecule has 2 rings (SSSR count). The Balaban J connectivity index is 1.88. The summed E-state index contributed by atoms with van der Waals surface area (Å²) in [6.07, 6.45) is 6.44. The van der Waals surface area contributed by atoms with Gasteiger partial charge >= 0.3 is 0 Å². The molecule has 1 amide bonds. The van der Waals surface area contributed by atoms with E-state index < -0.39 is 0 Å². The number of ether oxygens (including phenoxy) is 1. The third kappa shape index (κ3) is 4.89. The smallest absolute Gasteiger partial charge is 0.262 e. The van der Waals surface area contributed by atoms with Crippen molar-refractivity contribution in [2.24, 2.45) is 0 Å². The van der Waals surface area contributed by atoms with E-state index in [4.69, 9.17) is 11.2 Å². The summed E-state index contributed by atoms with van der Waals surface area (Å²) in [7, 11) is 0. The zero-order valence-electron chi connectivity index (χ0n) is 13.5. The molecule has 0 saturated heterocycles. The van der Waals surface area contributed by atoms with Gasteiger partial charge in [0.05, 0.1) is 0 Å². The van der Waals surface area contributed by atoms with Gasteiger partial charge in [0.25, 0.3) is 5.91 Å². The lowest BCUT2D eigenvalue weighted by molar-refractivity contribution is -0.118. The molecular formula is C20H21NO2. The highest BCUT2D eigenvalue weighted by Crippen LogP contribution is 2.21. The Bertz CT molecular complexity index is 698. The fraction of sp³-hybridized carbons (Fsp3) is 0.250. The van der Waals surface area contributed by atoms with Gasteiger partial charge in [-0.2, -0.15) is 0 Å². The lowest BCUT2D eigenvalue weighted by Crippen LogP contribution is -2.20. The summed E-state index contributed by atoms with van der Waals surface area (Å²) in [5.74, 6) is 3.53. The van der Waals surface area contributed by atoms with Gasteiger partial charge in [-0.1, -0.05) is 38.0 Å². The maximum absolute atomic E-state index is 11.9. The van der Waals surface area contributed by atoms with E-state index in [9.17, 15) is 4.79 Å². The second-order valence-corrected chi connectivity index (χ2v) is 5.44. The van der Waals surface area contributed by atoms with Crippen molar-refractivity contribution in [1.29, 1.82) is 0 Å². The van der Waals surface area contributed by atoms with Gasteiger partial charge in [-0.25, -0.2) is 0 Å². The third-order valence-corrected chi connectivity index (χ3v) is 3.74. The first kappa shape index (κ1) is 16.6. The fourth-order valence-electron chi connectivity index (χ4n) is 2.16. The van der Waals surface area contributed by atoms with Gasteiger partial charge in [0, 0.05) is 11.3 Å². The van der Waals surface area contributed by atoms with E-state index in [1.54, 1.807) is 18.2 Å². The van der Waals surface area contributed by atoms with Crippen LogP contribution in [0.15, 0.2) is 48.5 Å². The molecule has 3 heteroatoms. The normalized spacial score (nSPS) is 11.3. The molecule has 1 atom stereocenters. The predicted octanol–water partition coefficient (Wildman–Crippen LogP) is 4.20. The molecule has 0 saturated carbocycles. The third-order valence-electron chi connectivity index (χ3n) is 3.74. The van der Waals surface area contributed by atoms with Crippen molar-refractivity contribution >= 4 is 11.6 Å². The van der Waals surface area contributed by atoms with Gasteiger partial charge in [-0.3, -0.25) is 4.79 Å². The van der Waals surface area contributed by atoms with E-state index in [0.29, 0.717) is 17.4 Å². The van der Waals surface area contributed by atoms with Crippen LogP contribution in [0.1, 0.15) is 37.3 Å². The highest BCUT2D eigenvalue weighted by molar-refractivity contribution is 5.92. The SMILES string of the molecule is C#Cc1cccc(NC(=O)COc2ccc([C@@H](C)CC)cc2)c1. The van der Waals surface area contributed by atoms with Crippen molar-refractivity contribution in [3.8, 4) is 18.1 Å². The van der Waals surface area contributed by atoms with E-state index >= 15 is 0 Å². The first-order valence-electron chi connectivity index (χ1n) is 7.71. The molecule has 0 aliphatic carbocycles. The number of hydrogen-bond acceptors (Lipinski definition) is 2.